The molecule has 108 valence electrons. The van der Waals surface area contributed by atoms with Gasteiger partial charge in [-0.15, -0.1) is 0 Å². The summed E-state index contributed by atoms with van der Waals surface area (Å²) in [5.41, 5.74) is 9.99. The van der Waals surface area contributed by atoms with Crippen molar-refractivity contribution in [2.75, 3.05) is 0 Å². The molecule has 1 fully saturated rings. The van der Waals surface area contributed by atoms with Crippen molar-refractivity contribution in [2.45, 2.75) is 37.3 Å². The maximum Gasteiger partial charge on any atom is 0.126 e. The Labute approximate surface area is 129 Å². The molecule has 2 aliphatic rings. The lowest BCUT2D eigenvalue weighted by atomic mass is 9.92. The van der Waals surface area contributed by atoms with E-state index in [9.17, 15) is 0 Å². The molecule has 1 aliphatic heterocycles. The number of benzene rings is 2. The van der Waals surface area contributed by atoms with E-state index in [4.69, 9.17) is 22.1 Å². The van der Waals surface area contributed by atoms with Gasteiger partial charge in [0.1, 0.15) is 11.9 Å². The maximum absolute atomic E-state index is 6.31. The maximum atomic E-state index is 6.31. The van der Waals surface area contributed by atoms with Crippen molar-refractivity contribution in [3.63, 3.8) is 0 Å². The molecule has 0 amide bonds. The van der Waals surface area contributed by atoms with Gasteiger partial charge in [0.15, 0.2) is 0 Å². The van der Waals surface area contributed by atoms with E-state index in [0.29, 0.717) is 5.02 Å². The predicted molar refractivity (Wildman–Crippen MR) is 84.8 cm³/mol. The van der Waals surface area contributed by atoms with Crippen LogP contribution in [0.5, 0.6) is 5.75 Å². The Morgan fingerprint density at radius 1 is 1.05 bits per heavy atom. The first-order valence-corrected chi connectivity index (χ1v) is 7.90. The highest BCUT2D eigenvalue weighted by molar-refractivity contribution is 6.30. The largest absolute Gasteiger partial charge is 0.485 e. The van der Waals surface area contributed by atoms with E-state index in [0.717, 1.165) is 23.7 Å². The highest BCUT2D eigenvalue weighted by Gasteiger charge is 2.29. The summed E-state index contributed by atoms with van der Waals surface area (Å²) in [6, 6.07) is 14.5. The van der Waals surface area contributed by atoms with Crippen molar-refractivity contribution >= 4 is 11.6 Å². The number of ether oxygens (including phenoxy) is 1. The van der Waals surface area contributed by atoms with Crippen LogP contribution in [0.3, 0.4) is 0 Å². The Hall–Kier alpha value is -1.51. The predicted octanol–water partition coefficient (Wildman–Crippen LogP) is 4.74. The Balaban J connectivity index is 1.65. The standard InChI is InChI=1S/C18H18ClNO/c19-14-6-7-17-15(9-14)16(20)10-18(21-17)13-3-1-2-12(8-13)11-4-5-11/h1-3,6-9,11,16,18H,4-5,10,20H2/t16-,18?/m0/s1. The highest BCUT2D eigenvalue weighted by atomic mass is 35.5. The number of rotatable bonds is 2. The third-order valence-electron chi connectivity index (χ3n) is 4.44. The number of hydrogen-bond acceptors (Lipinski definition) is 2. The van der Waals surface area contributed by atoms with Crippen molar-refractivity contribution in [2.24, 2.45) is 5.73 Å². The molecular weight excluding hydrogens is 282 g/mol. The van der Waals surface area contributed by atoms with Crippen molar-refractivity contribution in [3.05, 3.63) is 64.2 Å². The zero-order valence-corrected chi connectivity index (χ0v) is 12.5. The topological polar surface area (TPSA) is 35.2 Å². The van der Waals surface area contributed by atoms with Gasteiger partial charge in [0.25, 0.3) is 0 Å². The molecule has 0 bridgehead atoms. The minimum Gasteiger partial charge on any atom is -0.485 e. The van der Waals surface area contributed by atoms with Crippen LogP contribution >= 0.6 is 11.6 Å². The lowest BCUT2D eigenvalue weighted by Crippen LogP contribution is -2.24. The smallest absolute Gasteiger partial charge is 0.126 e. The van der Waals surface area contributed by atoms with Gasteiger partial charge in [-0.05, 0) is 48.1 Å². The molecule has 0 saturated heterocycles. The SMILES string of the molecule is N[C@H]1CC(c2cccc(C3CC3)c2)Oc2ccc(Cl)cc21. The Kier molecular flexibility index (Phi) is 3.16. The third kappa shape index (κ3) is 2.54. The Morgan fingerprint density at radius 3 is 2.67 bits per heavy atom. The zero-order valence-electron chi connectivity index (χ0n) is 11.8. The number of halogens is 1. The molecule has 2 atom stereocenters. The molecule has 1 saturated carbocycles. The van der Waals surface area contributed by atoms with E-state index >= 15 is 0 Å². The molecule has 2 aromatic carbocycles. The summed E-state index contributed by atoms with van der Waals surface area (Å²) < 4.78 is 6.16. The molecule has 0 spiro atoms. The molecule has 2 nitrogen and oxygen atoms in total. The summed E-state index contributed by atoms with van der Waals surface area (Å²) in [5.74, 6) is 1.62. The molecule has 3 heteroatoms. The fourth-order valence-electron chi connectivity index (χ4n) is 3.11. The lowest BCUT2D eigenvalue weighted by molar-refractivity contribution is 0.161. The number of nitrogens with two attached hydrogens (primary N) is 1. The normalized spacial score (nSPS) is 24.3. The quantitative estimate of drug-likeness (QED) is 0.869. The molecule has 0 radical (unpaired) electrons. The van der Waals surface area contributed by atoms with Crippen molar-refractivity contribution < 1.29 is 4.74 Å². The van der Waals surface area contributed by atoms with E-state index in [-0.39, 0.29) is 12.1 Å². The first-order valence-electron chi connectivity index (χ1n) is 7.52. The summed E-state index contributed by atoms with van der Waals surface area (Å²) in [6.45, 7) is 0. The molecule has 4 rings (SSSR count). The average Bonchev–Trinajstić information content (AvgIpc) is 3.33. The number of hydrogen-bond donors (Lipinski definition) is 1. The van der Waals surface area contributed by atoms with Crippen LogP contribution in [0.15, 0.2) is 42.5 Å². The lowest BCUT2D eigenvalue weighted by Gasteiger charge is -2.31. The van der Waals surface area contributed by atoms with E-state index in [1.807, 2.05) is 18.2 Å². The second kappa shape index (κ2) is 5.04. The molecular formula is C18H18ClNO. The van der Waals surface area contributed by atoms with Crippen LogP contribution < -0.4 is 10.5 Å². The van der Waals surface area contributed by atoms with E-state index < -0.39 is 0 Å². The first kappa shape index (κ1) is 13.2. The van der Waals surface area contributed by atoms with E-state index in [1.54, 1.807) is 0 Å². The van der Waals surface area contributed by atoms with Gasteiger partial charge in [0.2, 0.25) is 0 Å². The summed E-state index contributed by atoms with van der Waals surface area (Å²) in [7, 11) is 0. The number of fused-ring (bicyclic) bond motifs is 1. The van der Waals surface area contributed by atoms with Crippen LogP contribution in [0.4, 0.5) is 0 Å². The second-order valence-corrected chi connectivity index (χ2v) is 6.51. The van der Waals surface area contributed by atoms with Gasteiger partial charge in [-0.2, -0.15) is 0 Å². The van der Waals surface area contributed by atoms with Gasteiger partial charge in [0, 0.05) is 23.0 Å². The van der Waals surface area contributed by atoms with E-state index in [1.165, 1.54) is 24.0 Å². The summed E-state index contributed by atoms with van der Waals surface area (Å²) >= 11 is 6.05. The molecule has 2 aromatic rings. The van der Waals surface area contributed by atoms with Crippen LogP contribution in [0.1, 0.15) is 54.0 Å². The summed E-state index contributed by atoms with van der Waals surface area (Å²) in [5, 5.41) is 0.710. The van der Waals surface area contributed by atoms with Gasteiger partial charge >= 0.3 is 0 Å². The van der Waals surface area contributed by atoms with Crippen molar-refractivity contribution in [3.8, 4) is 5.75 Å². The van der Waals surface area contributed by atoms with Crippen LogP contribution in [0.25, 0.3) is 0 Å². The Bertz CT molecular complexity index is 681. The van der Waals surface area contributed by atoms with Crippen LogP contribution in [-0.4, -0.2) is 0 Å². The van der Waals surface area contributed by atoms with Gasteiger partial charge in [-0.1, -0.05) is 35.9 Å². The summed E-state index contributed by atoms with van der Waals surface area (Å²) in [6.07, 6.45) is 3.46. The molecule has 1 aliphatic carbocycles. The zero-order chi connectivity index (χ0) is 14.4. The van der Waals surface area contributed by atoms with Crippen molar-refractivity contribution in [1.82, 2.24) is 0 Å². The van der Waals surface area contributed by atoms with Crippen molar-refractivity contribution in [1.29, 1.82) is 0 Å². The van der Waals surface area contributed by atoms with Gasteiger partial charge in [0.05, 0.1) is 0 Å². The minimum atomic E-state index is -0.0259. The molecule has 21 heavy (non-hydrogen) atoms. The average molecular weight is 300 g/mol. The highest BCUT2D eigenvalue weighted by Crippen LogP contribution is 2.43. The Morgan fingerprint density at radius 2 is 1.86 bits per heavy atom. The summed E-state index contributed by atoms with van der Waals surface area (Å²) in [4.78, 5) is 0. The van der Waals surface area contributed by atoms with Gasteiger partial charge < -0.3 is 10.5 Å². The minimum absolute atomic E-state index is 0.0259. The van der Waals surface area contributed by atoms with Crippen LogP contribution in [0, 0.1) is 0 Å². The first-order chi connectivity index (χ1) is 10.2. The monoisotopic (exact) mass is 299 g/mol. The van der Waals surface area contributed by atoms with Gasteiger partial charge in [-0.3, -0.25) is 0 Å². The fourth-order valence-corrected chi connectivity index (χ4v) is 3.29. The second-order valence-electron chi connectivity index (χ2n) is 6.08. The molecule has 2 N–H and O–H groups in total. The third-order valence-corrected chi connectivity index (χ3v) is 4.67. The van der Waals surface area contributed by atoms with Crippen LogP contribution in [-0.2, 0) is 0 Å². The van der Waals surface area contributed by atoms with E-state index in [2.05, 4.69) is 24.3 Å². The molecule has 1 unspecified atom stereocenters. The molecule has 0 aromatic heterocycles. The molecule has 1 heterocycles. The fraction of sp³-hybridized carbons (Fsp3) is 0.333. The van der Waals surface area contributed by atoms with Gasteiger partial charge in [-0.25, -0.2) is 0 Å². The van der Waals surface area contributed by atoms with Crippen LogP contribution in [0.2, 0.25) is 5.02 Å².